The van der Waals surface area contributed by atoms with Gasteiger partial charge in [0.05, 0.1) is 10.6 Å². The van der Waals surface area contributed by atoms with Crippen LogP contribution in [0.5, 0.6) is 0 Å². The lowest BCUT2D eigenvalue weighted by molar-refractivity contribution is 0.593. The fourth-order valence-electron chi connectivity index (χ4n) is 2.17. The van der Waals surface area contributed by atoms with Crippen molar-refractivity contribution in [1.82, 2.24) is 0 Å². The van der Waals surface area contributed by atoms with Crippen molar-refractivity contribution in [3.05, 3.63) is 59.2 Å². The summed E-state index contributed by atoms with van der Waals surface area (Å²) in [4.78, 5) is 0.308. The predicted molar refractivity (Wildman–Crippen MR) is 85.8 cm³/mol. The molecule has 0 heterocycles. The molecule has 112 valence electrons. The first kappa shape index (κ1) is 15.5. The van der Waals surface area contributed by atoms with Crippen molar-refractivity contribution in [3.8, 4) is 0 Å². The fraction of sp³-hybridized carbons (Fsp3) is 0.250. The van der Waals surface area contributed by atoms with Gasteiger partial charge in [-0.15, -0.1) is 0 Å². The average molecular weight is 304 g/mol. The number of hydrogen-bond acceptors (Lipinski definition) is 3. The van der Waals surface area contributed by atoms with Crippen molar-refractivity contribution in [3.63, 3.8) is 0 Å². The summed E-state index contributed by atoms with van der Waals surface area (Å²) in [6.45, 7) is 4.15. The quantitative estimate of drug-likeness (QED) is 0.944. The highest BCUT2D eigenvalue weighted by Crippen LogP contribution is 2.25. The van der Waals surface area contributed by atoms with Crippen molar-refractivity contribution in [1.29, 1.82) is 0 Å². The van der Waals surface area contributed by atoms with Gasteiger partial charge in [-0.3, -0.25) is 4.31 Å². The number of anilines is 1. The molecule has 0 amide bonds. The summed E-state index contributed by atoms with van der Waals surface area (Å²) in [5.74, 6) is 0. The summed E-state index contributed by atoms with van der Waals surface area (Å²) >= 11 is 0. The number of hydrogen-bond donors (Lipinski definition) is 1. The number of rotatable bonds is 4. The first-order chi connectivity index (χ1) is 9.86. The second-order valence-electron chi connectivity index (χ2n) is 5.11. The minimum atomic E-state index is -3.57. The monoisotopic (exact) mass is 304 g/mol. The van der Waals surface area contributed by atoms with E-state index < -0.39 is 10.0 Å². The molecule has 2 aromatic carbocycles. The summed E-state index contributed by atoms with van der Waals surface area (Å²) in [5.41, 5.74) is 8.94. The lowest BCUT2D eigenvalue weighted by Gasteiger charge is -2.21. The first-order valence-corrected chi connectivity index (χ1v) is 8.15. The highest BCUT2D eigenvalue weighted by molar-refractivity contribution is 7.92. The molecule has 0 saturated carbocycles. The third kappa shape index (κ3) is 3.09. The average Bonchev–Trinajstić information content (AvgIpc) is 2.46. The minimum Gasteiger partial charge on any atom is -0.326 e. The first-order valence-electron chi connectivity index (χ1n) is 6.71. The molecule has 0 spiro atoms. The van der Waals surface area contributed by atoms with Gasteiger partial charge >= 0.3 is 0 Å². The number of nitrogens with zero attached hydrogens (tertiary/aromatic N) is 1. The van der Waals surface area contributed by atoms with Crippen molar-refractivity contribution >= 4 is 15.7 Å². The smallest absolute Gasteiger partial charge is 0.264 e. The maximum atomic E-state index is 12.7. The molecule has 0 aliphatic carbocycles. The van der Waals surface area contributed by atoms with Crippen LogP contribution in [0.3, 0.4) is 0 Å². The Kier molecular flexibility index (Phi) is 4.34. The molecule has 0 aliphatic heterocycles. The molecule has 0 fully saturated rings. The molecule has 0 bridgehead atoms. The Labute approximate surface area is 126 Å². The Morgan fingerprint density at radius 2 is 1.67 bits per heavy atom. The van der Waals surface area contributed by atoms with Gasteiger partial charge < -0.3 is 5.73 Å². The predicted octanol–water partition coefficient (Wildman–Crippen LogP) is 2.59. The van der Waals surface area contributed by atoms with E-state index in [2.05, 4.69) is 0 Å². The standard InChI is InChI=1S/C16H20N2O2S/c1-12-4-7-15(8-5-12)18(3)21(19,20)16-9-6-14(11-17)10-13(16)2/h4-10H,11,17H2,1-3H3. The number of sulfonamides is 1. The number of nitrogens with two attached hydrogens (primary N) is 1. The van der Waals surface area contributed by atoms with Crippen LogP contribution in [0.1, 0.15) is 16.7 Å². The van der Waals surface area contributed by atoms with Crippen LogP contribution in [0.2, 0.25) is 0 Å². The van der Waals surface area contributed by atoms with Crippen LogP contribution in [0, 0.1) is 13.8 Å². The van der Waals surface area contributed by atoms with E-state index in [0.29, 0.717) is 22.7 Å². The van der Waals surface area contributed by atoms with Gasteiger partial charge in [0.25, 0.3) is 10.0 Å². The molecular weight excluding hydrogens is 284 g/mol. The molecule has 2 aromatic rings. The molecule has 21 heavy (non-hydrogen) atoms. The van der Waals surface area contributed by atoms with Gasteiger partial charge in [-0.2, -0.15) is 0 Å². The van der Waals surface area contributed by atoms with Crippen LogP contribution in [0.4, 0.5) is 5.69 Å². The van der Waals surface area contributed by atoms with Gasteiger partial charge in [-0.25, -0.2) is 8.42 Å². The molecule has 5 heteroatoms. The van der Waals surface area contributed by atoms with E-state index >= 15 is 0 Å². The summed E-state index contributed by atoms with van der Waals surface area (Å²) in [6.07, 6.45) is 0. The lowest BCUT2D eigenvalue weighted by Crippen LogP contribution is -2.27. The zero-order valence-electron chi connectivity index (χ0n) is 12.5. The number of benzene rings is 2. The van der Waals surface area contributed by atoms with E-state index in [1.165, 1.54) is 4.31 Å². The Hall–Kier alpha value is -1.85. The molecule has 0 aromatic heterocycles. The van der Waals surface area contributed by atoms with E-state index in [9.17, 15) is 8.42 Å². The zero-order chi connectivity index (χ0) is 15.6. The molecular formula is C16H20N2O2S. The van der Waals surface area contributed by atoms with Gasteiger partial charge in [-0.05, 0) is 43.2 Å². The number of aryl methyl sites for hydroxylation is 2. The van der Waals surface area contributed by atoms with Crippen LogP contribution < -0.4 is 10.0 Å². The Bertz CT molecular complexity index is 737. The fourth-order valence-corrected chi connectivity index (χ4v) is 3.57. The SMILES string of the molecule is Cc1ccc(N(C)S(=O)(=O)c2ccc(CN)cc2C)cc1. The van der Waals surface area contributed by atoms with Crippen molar-refractivity contribution < 1.29 is 8.42 Å². The topological polar surface area (TPSA) is 63.4 Å². The molecule has 0 radical (unpaired) electrons. The van der Waals surface area contributed by atoms with E-state index in [1.807, 2.05) is 25.1 Å². The van der Waals surface area contributed by atoms with Gasteiger partial charge in [-0.1, -0.05) is 29.8 Å². The van der Waals surface area contributed by atoms with Crippen LogP contribution in [-0.2, 0) is 16.6 Å². The van der Waals surface area contributed by atoms with Gasteiger partial charge in [0, 0.05) is 13.6 Å². The van der Waals surface area contributed by atoms with E-state index in [4.69, 9.17) is 5.73 Å². The summed E-state index contributed by atoms with van der Waals surface area (Å²) in [7, 11) is -2.00. The third-order valence-electron chi connectivity index (χ3n) is 3.51. The maximum Gasteiger partial charge on any atom is 0.264 e. The summed E-state index contributed by atoms with van der Waals surface area (Å²) < 4.78 is 26.8. The van der Waals surface area contributed by atoms with Crippen LogP contribution >= 0.6 is 0 Å². The van der Waals surface area contributed by atoms with E-state index in [0.717, 1.165) is 11.1 Å². The minimum absolute atomic E-state index is 0.308. The lowest BCUT2D eigenvalue weighted by atomic mass is 10.1. The maximum absolute atomic E-state index is 12.7. The zero-order valence-corrected chi connectivity index (χ0v) is 13.3. The van der Waals surface area contributed by atoms with Crippen molar-refractivity contribution in [2.75, 3.05) is 11.4 Å². The van der Waals surface area contributed by atoms with E-state index in [-0.39, 0.29) is 0 Å². The molecule has 2 N–H and O–H groups in total. The second-order valence-corrected chi connectivity index (χ2v) is 7.05. The highest BCUT2D eigenvalue weighted by Gasteiger charge is 2.23. The summed E-state index contributed by atoms with van der Waals surface area (Å²) in [5, 5.41) is 0. The van der Waals surface area contributed by atoms with Crippen molar-refractivity contribution in [2.45, 2.75) is 25.3 Å². The Morgan fingerprint density at radius 1 is 1.05 bits per heavy atom. The highest BCUT2D eigenvalue weighted by atomic mass is 32.2. The molecule has 2 rings (SSSR count). The molecule has 0 unspecified atom stereocenters. The largest absolute Gasteiger partial charge is 0.326 e. The van der Waals surface area contributed by atoms with Crippen LogP contribution in [0.15, 0.2) is 47.4 Å². The van der Waals surface area contributed by atoms with E-state index in [1.54, 1.807) is 38.2 Å². The molecule has 0 atom stereocenters. The van der Waals surface area contributed by atoms with Gasteiger partial charge in [0.15, 0.2) is 0 Å². The normalized spacial score (nSPS) is 11.4. The van der Waals surface area contributed by atoms with Crippen LogP contribution in [-0.4, -0.2) is 15.5 Å². The Morgan fingerprint density at radius 3 is 2.19 bits per heavy atom. The third-order valence-corrected chi connectivity index (χ3v) is 5.46. The Balaban J connectivity index is 2.44. The van der Waals surface area contributed by atoms with Gasteiger partial charge in [0.2, 0.25) is 0 Å². The van der Waals surface area contributed by atoms with Gasteiger partial charge in [0.1, 0.15) is 0 Å². The second kappa shape index (κ2) is 5.87. The molecule has 0 aliphatic rings. The van der Waals surface area contributed by atoms with Crippen molar-refractivity contribution in [2.24, 2.45) is 5.73 Å². The summed E-state index contributed by atoms with van der Waals surface area (Å²) in [6, 6.07) is 12.6. The van der Waals surface area contributed by atoms with Crippen LogP contribution in [0.25, 0.3) is 0 Å². The molecule has 4 nitrogen and oxygen atoms in total. The molecule has 0 saturated heterocycles.